The Morgan fingerprint density at radius 1 is 1.00 bits per heavy atom. The second-order valence-corrected chi connectivity index (χ2v) is 5.75. The molecule has 3 rings (SSSR count). The molecule has 1 heterocycles. The predicted molar refractivity (Wildman–Crippen MR) is 90.9 cm³/mol. The van der Waals surface area contributed by atoms with Crippen molar-refractivity contribution in [1.82, 2.24) is 10.2 Å². The van der Waals surface area contributed by atoms with E-state index in [1.807, 2.05) is 42.5 Å². The van der Waals surface area contributed by atoms with Gasteiger partial charge in [-0.2, -0.15) is 0 Å². The Bertz CT molecular complexity index is 620. The smallest absolute Gasteiger partial charge is 0.200 e. The van der Waals surface area contributed by atoms with Crippen LogP contribution < -0.4 is 10.1 Å². The van der Waals surface area contributed by atoms with Crippen molar-refractivity contribution < 1.29 is 9.53 Å². The number of Topliss-reactive ketones (excluding diaryl/α,β-unsaturated/α-hetero) is 1. The number of hydrogen-bond acceptors (Lipinski definition) is 4. The van der Waals surface area contributed by atoms with E-state index in [9.17, 15) is 4.79 Å². The second kappa shape index (κ2) is 7.90. The zero-order valence-electron chi connectivity index (χ0n) is 13.2. The van der Waals surface area contributed by atoms with Gasteiger partial charge in [-0.3, -0.25) is 9.69 Å². The predicted octanol–water partition coefficient (Wildman–Crippen LogP) is 2.35. The van der Waals surface area contributed by atoms with E-state index in [4.69, 9.17) is 4.74 Å². The molecule has 4 nitrogen and oxygen atoms in total. The van der Waals surface area contributed by atoms with Crippen molar-refractivity contribution in [3.05, 3.63) is 65.7 Å². The van der Waals surface area contributed by atoms with Crippen LogP contribution in [0.3, 0.4) is 0 Å². The van der Waals surface area contributed by atoms with Crippen LogP contribution in [0.5, 0.6) is 5.75 Å². The van der Waals surface area contributed by atoms with Gasteiger partial charge >= 0.3 is 0 Å². The quantitative estimate of drug-likeness (QED) is 0.832. The van der Waals surface area contributed by atoms with Gasteiger partial charge in [0.25, 0.3) is 0 Å². The van der Waals surface area contributed by atoms with Crippen molar-refractivity contribution in [2.24, 2.45) is 0 Å². The zero-order chi connectivity index (χ0) is 15.9. The third-order valence-electron chi connectivity index (χ3n) is 4.00. The molecule has 23 heavy (non-hydrogen) atoms. The van der Waals surface area contributed by atoms with Gasteiger partial charge in [-0.15, -0.1) is 0 Å². The maximum absolute atomic E-state index is 12.0. The molecule has 1 saturated heterocycles. The Morgan fingerprint density at radius 2 is 1.70 bits per heavy atom. The summed E-state index contributed by atoms with van der Waals surface area (Å²) in [5.74, 6) is 0.730. The summed E-state index contributed by atoms with van der Waals surface area (Å²) in [6.45, 7) is 5.32. The highest BCUT2D eigenvalue weighted by molar-refractivity contribution is 5.97. The number of benzene rings is 2. The van der Waals surface area contributed by atoms with E-state index in [1.165, 1.54) is 5.56 Å². The first kappa shape index (κ1) is 15.7. The first-order valence-corrected chi connectivity index (χ1v) is 8.04. The number of ketones is 1. The van der Waals surface area contributed by atoms with Gasteiger partial charge < -0.3 is 10.1 Å². The molecule has 0 unspecified atom stereocenters. The van der Waals surface area contributed by atoms with Gasteiger partial charge in [0.1, 0.15) is 5.75 Å². The van der Waals surface area contributed by atoms with Crippen molar-refractivity contribution in [3.8, 4) is 5.75 Å². The molecule has 1 fully saturated rings. The van der Waals surface area contributed by atoms with Gasteiger partial charge in [-0.05, 0) is 17.7 Å². The topological polar surface area (TPSA) is 41.6 Å². The molecule has 1 aliphatic heterocycles. The van der Waals surface area contributed by atoms with Crippen LogP contribution in [0, 0.1) is 0 Å². The first-order valence-electron chi connectivity index (χ1n) is 8.04. The summed E-state index contributed by atoms with van der Waals surface area (Å²) >= 11 is 0. The van der Waals surface area contributed by atoms with Crippen LogP contribution in [-0.4, -0.2) is 43.5 Å². The van der Waals surface area contributed by atoms with E-state index in [2.05, 4.69) is 22.3 Å². The summed E-state index contributed by atoms with van der Waals surface area (Å²) in [4.78, 5) is 14.4. The van der Waals surface area contributed by atoms with Gasteiger partial charge in [-0.1, -0.05) is 42.5 Å². The van der Waals surface area contributed by atoms with E-state index >= 15 is 0 Å². The van der Waals surface area contributed by atoms with Gasteiger partial charge in [-0.25, -0.2) is 0 Å². The first-order chi connectivity index (χ1) is 11.3. The maximum Gasteiger partial charge on any atom is 0.200 e. The van der Waals surface area contributed by atoms with Crippen molar-refractivity contribution >= 4 is 5.78 Å². The summed E-state index contributed by atoms with van der Waals surface area (Å²) < 4.78 is 5.59. The molecular formula is C19H22N2O2. The molecule has 0 radical (unpaired) electrons. The summed E-state index contributed by atoms with van der Waals surface area (Å²) in [5, 5.41) is 3.36. The molecule has 120 valence electrons. The molecule has 0 aliphatic carbocycles. The van der Waals surface area contributed by atoms with Crippen molar-refractivity contribution in [1.29, 1.82) is 0 Å². The van der Waals surface area contributed by atoms with Crippen molar-refractivity contribution in [2.75, 3.05) is 32.8 Å². The minimum atomic E-state index is -0.00417. The van der Waals surface area contributed by atoms with Crippen LogP contribution in [0.25, 0.3) is 0 Å². The van der Waals surface area contributed by atoms with Crippen molar-refractivity contribution in [2.45, 2.75) is 6.54 Å². The maximum atomic E-state index is 12.0. The zero-order valence-corrected chi connectivity index (χ0v) is 13.2. The Hall–Kier alpha value is -2.17. The lowest BCUT2D eigenvalue weighted by atomic mass is 10.1. The summed E-state index contributed by atoms with van der Waals surface area (Å²) in [7, 11) is 0. The van der Waals surface area contributed by atoms with Crippen LogP contribution in [0.4, 0.5) is 0 Å². The fraction of sp³-hybridized carbons (Fsp3) is 0.316. The summed E-state index contributed by atoms with van der Waals surface area (Å²) in [6.07, 6.45) is 0. The molecule has 0 saturated carbocycles. The fourth-order valence-corrected chi connectivity index (χ4v) is 2.67. The number of ether oxygens (including phenoxy) is 1. The molecule has 2 aromatic rings. The lowest BCUT2D eigenvalue weighted by Crippen LogP contribution is -2.42. The molecule has 1 aliphatic rings. The molecule has 0 amide bonds. The Labute approximate surface area is 137 Å². The molecule has 0 aromatic heterocycles. The second-order valence-electron chi connectivity index (χ2n) is 5.75. The normalized spacial score (nSPS) is 15.3. The van der Waals surface area contributed by atoms with E-state index in [-0.39, 0.29) is 12.4 Å². The molecule has 1 N–H and O–H groups in total. The number of rotatable bonds is 6. The van der Waals surface area contributed by atoms with Gasteiger partial charge in [0.15, 0.2) is 12.4 Å². The average Bonchev–Trinajstić information content (AvgIpc) is 2.62. The average molecular weight is 310 g/mol. The standard InChI is InChI=1S/C19H22N2O2/c22-19(17-4-2-1-3-5-17)15-23-18-8-6-16(7-9-18)14-21-12-10-20-11-13-21/h1-9,20H,10-15H2. The highest BCUT2D eigenvalue weighted by Gasteiger charge is 2.10. The Kier molecular flexibility index (Phi) is 5.40. The number of hydrogen-bond donors (Lipinski definition) is 1. The van der Waals surface area contributed by atoms with E-state index in [1.54, 1.807) is 0 Å². The molecule has 4 heteroatoms. The van der Waals surface area contributed by atoms with Gasteiger partial charge in [0.05, 0.1) is 0 Å². The van der Waals surface area contributed by atoms with Gasteiger partial charge in [0.2, 0.25) is 0 Å². The fourth-order valence-electron chi connectivity index (χ4n) is 2.67. The molecule has 0 atom stereocenters. The molecular weight excluding hydrogens is 288 g/mol. The number of piperazine rings is 1. The highest BCUT2D eigenvalue weighted by atomic mass is 16.5. The van der Waals surface area contributed by atoms with Crippen LogP contribution in [0.1, 0.15) is 15.9 Å². The highest BCUT2D eigenvalue weighted by Crippen LogP contribution is 2.14. The van der Waals surface area contributed by atoms with Crippen LogP contribution in [0.2, 0.25) is 0 Å². The number of nitrogens with one attached hydrogen (secondary N) is 1. The van der Waals surface area contributed by atoms with E-state index in [0.717, 1.165) is 38.5 Å². The summed E-state index contributed by atoms with van der Waals surface area (Å²) in [5.41, 5.74) is 1.96. The lowest BCUT2D eigenvalue weighted by molar-refractivity contribution is 0.0921. The number of carbonyl (C=O) groups is 1. The Morgan fingerprint density at radius 3 is 2.39 bits per heavy atom. The van der Waals surface area contributed by atoms with E-state index in [0.29, 0.717) is 5.56 Å². The van der Waals surface area contributed by atoms with Crippen LogP contribution in [-0.2, 0) is 6.54 Å². The number of nitrogens with zero attached hydrogens (tertiary/aromatic N) is 1. The third kappa shape index (κ3) is 4.65. The molecule has 2 aromatic carbocycles. The third-order valence-corrected chi connectivity index (χ3v) is 4.00. The minimum Gasteiger partial charge on any atom is -0.485 e. The monoisotopic (exact) mass is 310 g/mol. The van der Waals surface area contributed by atoms with Crippen molar-refractivity contribution in [3.63, 3.8) is 0 Å². The molecule has 0 bridgehead atoms. The largest absolute Gasteiger partial charge is 0.485 e. The van der Waals surface area contributed by atoms with E-state index < -0.39 is 0 Å². The minimum absolute atomic E-state index is 0.00417. The van der Waals surface area contributed by atoms with Gasteiger partial charge in [0, 0.05) is 38.3 Å². The molecule has 0 spiro atoms. The SMILES string of the molecule is O=C(COc1ccc(CN2CCNCC2)cc1)c1ccccc1. The number of carbonyl (C=O) groups excluding carboxylic acids is 1. The Balaban J connectivity index is 1.50. The van der Waals surface area contributed by atoms with Crippen LogP contribution >= 0.6 is 0 Å². The lowest BCUT2D eigenvalue weighted by Gasteiger charge is -2.27. The summed E-state index contributed by atoms with van der Waals surface area (Å²) in [6, 6.07) is 17.3. The van der Waals surface area contributed by atoms with Crippen LogP contribution in [0.15, 0.2) is 54.6 Å².